The zero-order chi connectivity index (χ0) is 21.2. The third-order valence-corrected chi connectivity index (χ3v) is 6.07. The van der Waals surface area contributed by atoms with E-state index in [9.17, 15) is 18.0 Å². The highest BCUT2D eigenvalue weighted by Crippen LogP contribution is 2.22. The monoisotopic (exact) mass is 411 g/mol. The number of anilines is 1. The average molecular weight is 411 g/mol. The Morgan fingerprint density at radius 2 is 1.62 bits per heavy atom. The molecule has 0 aliphatic heterocycles. The summed E-state index contributed by atoms with van der Waals surface area (Å²) in [7, 11) is -3.89. The number of aryl methyl sites for hydroxylation is 3. The van der Waals surface area contributed by atoms with E-state index in [0.717, 1.165) is 33.5 Å². The van der Waals surface area contributed by atoms with Gasteiger partial charge >= 0.3 is 0 Å². The molecule has 0 aliphatic rings. The lowest BCUT2D eigenvalue weighted by Gasteiger charge is -2.13. The molecule has 150 valence electrons. The molecule has 1 N–H and O–H groups in total. The molecule has 0 fully saturated rings. The highest BCUT2D eigenvalue weighted by Gasteiger charge is 2.21. The zero-order valence-electron chi connectivity index (χ0n) is 16.3. The molecule has 7 nitrogen and oxygen atoms in total. The molecular weight excluding hydrogens is 390 g/mol. The van der Waals surface area contributed by atoms with Crippen molar-refractivity contribution in [3.8, 4) is 0 Å². The van der Waals surface area contributed by atoms with Gasteiger partial charge in [-0.25, -0.2) is 13.1 Å². The predicted octanol–water partition coefficient (Wildman–Crippen LogP) is 2.64. The van der Waals surface area contributed by atoms with Crippen LogP contribution in [-0.2, 0) is 21.2 Å². The summed E-state index contributed by atoms with van der Waals surface area (Å²) in [6.45, 7) is 5.33. The highest BCUT2D eigenvalue weighted by molar-refractivity contribution is 7.91. The quantitative estimate of drug-likeness (QED) is 0.696. The molecule has 3 rings (SSSR count). The van der Waals surface area contributed by atoms with Crippen LogP contribution < -0.4 is 10.9 Å². The molecular formula is C21H21N3O4S. The van der Waals surface area contributed by atoms with Crippen LogP contribution in [0.4, 0.5) is 5.69 Å². The molecule has 1 aromatic heterocycles. The second kappa shape index (κ2) is 8.00. The lowest BCUT2D eigenvalue weighted by Crippen LogP contribution is -2.30. The highest BCUT2D eigenvalue weighted by atomic mass is 32.2. The van der Waals surface area contributed by atoms with Crippen LogP contribution in [0.1, 0.15) is 16.7 Å². The van der Waals surface area contributed by atoms with Gasteiger partial charge in [0, 0.05) is 11.8 Å². The van der Waals surface area contributed by atoms with E-state index < -0.39 is 27.8 Å². The SMILES string of the molecule is Cc1cc(C)c(NC(=O)Cn2nc(S(=O)(=O)c3ccccc3)ccc2=O)c(C)c1. The number of carbonyl (C=O) groups is 1. The summed E-state index contributed by atoms with van der Waals surface area (Å²) in [5.41, 5.74) is 2.98. The average Bonchev–Trinajstić information content (AvgIpc) is 2.67. The van der Waals surface area contributed by atoms with Gasteiger partial charge in [-0.15, -0.1) is 0 Å². The molecule has 0 spiro atoms. The Morgan fingerprint density at radius 3 is 2.24 bits per heavy atom. The molecule has 0 saturated carbocycles. The Kier molecular flexibility index (Phi) is 5.65. The van der Waals surface area contributed by atoms with Gasteiger partial charge in [0.2, 0.25) is 15.7 Å². The first-order valence-corrected chi connectivity index (χ1v) is 10.4. The lowest BCUT2D eigenvalue weighted by molar-refractivity contribution is -0.117. The normalized spacial score (nSPS) is 11.3. The molecule has 0 saturated heterocycles. The Labute approximate surface area is 168 Å². The van der Waals surface area contributed by atoms with E-state index in [1.807, 2.05) is 32.9 Å². The van der Waals surface area contributed by atoms with Crippen molar-refractivity contribution in [2.75, 3.05) is 5.32 Å². The van der Waals surface area contributed by atoms with Crippen molar-refractivity contribution in [2.45, 2.75) is 37.2 Å². The number of amides is 1. The summed E-state index contributed by atoms with van der Waals surface area (Å²) in [4.78, 5) is 24.7. The Hall–Kier alpha value is -3.26. The van der Waals surface area contributed by atoms with Gasteiger partial charge in [-0.1, -0.05) is 35.9 Å². The van der Waals surface area contributed by atoms with Gasteiger partial charge in [-0.3, -0.25) is 9.59 Å². The van der Waals surface area contributed by atoms with E-state index in [4.69, 9.17) is 0 Å². The number of hydrogen-bond acceptors (Lipinski definition) is 5. The topological polar surface area (TPSA) is 98.1 Å². The number of benzene rings is 2. The molecule has 1 amide bonds. The van der Waals surface area contributed by atoms with Crippen molar-refractivity contribution in [2.24, 2.45) is 0 Å². The van der Waals surface area contributed by atoms with Crippen molar-refractivity contribution >= 4 is 21.4 Å². The van der Waals surface area contributed by atoms with Gasteiger partial charge < -0.3 is 5.32 Å². The Bertz CT molecular complexity index is 1210. The minimum absolute atomic E-state index is 0.0630. The molecule has 0 unspecified atom stereocenters. The van der Waals surface area contributed by atoms with E-state index >= 15 is 0 Å². The summed E-state index contributed by atoms with van der Waals surface area (Å²) in [6.07, 6.45) is 0. The summed E-state index contributed by atoms with van der Waals surface area (Å²) in [5.74, 6) is -0.469. The molecule has 29 heavy (non-hydrogen) atoms. The number of carbonyl (C=O) groups excluding carboxylic acids is 1. The van der Waals surface area contributed by atoms with Crippen LogP contribution in [0.2, 0.25) is 0 Å². The largest absolute Gasteiger partial charge is 0.324 e. The third kappa shape index (κ3) is 4.43. The fraction of sp³-hybridized carbons (Fsp3) is 0.190. The maximum Gasteiger partial charge on any atom is 0.267 e. The molecule has 0 radical (unpaired) electrons. The van der Waals surface area contributed by atoms with Crippen LogP contribution in [0, 0.1) is 20.8 Å². The van der Waals surface area contributed by atoms with Gasteiger partial charge in [-0.05, 0) is 50.1 Å². The van der Waals surface area contributed by atoms with E-state index in [2.05, 4.69) is 10.4 Å². The second-order valence-electron chi connectivity index (χ2n) is 6.81. The van der Waals surface area contributed by atoms with Crippen molar-refractivity contribution in [3.63, 3.8) is 0 Å². The zero-order valence-corrected chi connectivity index (χ0v) is 17.2. The maximum absolute atomic E-state index is 12.7. The van der Waals surface area contributed by atoms with Crippen molar-refractivity contribution < 1.29 is 13.2 Å². The first kappa shape index (κ1) is 20.5. The minimum Gasteiger partial charge on any atom is -0.324 e. The van der Waals surface area contributed by atoms with E-state index in [0.29, 0.717) is 5.69 Å². The first-order chi connectivity index (χ1) is 13.7. The van der Waals surface area contributed by atoms with Gasteiger partial charge in [0.15, 0.2) is 5.03 Å². The molecule has 2 aromatic carbocycles. The van der Waals surface area contributed by atoms with Crippen LogP contribution in [0.3, 0.4) is 0 Å². The van der Waals surface area contributed by atoms with Crippen LogP contribution in [0.5, 0.6) is 0 Å². The number of sulfone groups is 1. The second-order valence-corrected chi connectivity index (χ2v) is 8.70. The summed E-state index contributed by atoms with van der Waals surface area (Å²) in [6, 6.07) is 13.9. The number of nitrogens with zero attached hydrogens (tertiary/aromatic N) is 2. The van der Waals surface area contributed by atoms with Crippen molar-refractivity contribution in [1.82, 2.24) is 9.78 Å². The third-order valence-electron chi connectivity index (χ3n) is 4.41. The van der Waals surface area contributed by atoms with Gasteiger partial charge in [0.05, 0.1) is 4.90 Å². The first-order valence-electron chi connectivity index (χ1n) is 8.94. The smallest absolute Gasteiger partial charge is 0.267 e. The Morgan fingerprint density at radius 1 is 1.00 bits per heavy atom. The Balaban J connectivity index is 1.88. The minimum atomic E-state index is -3.89. The van der Waals surface area contributed by atoms with Crippen LogP contribution >= 0.6 is 0 Å². The molecule has 3 aromatic rings. The molecule has 0 bridgehead atoms. The molecule has 8 heteroatoms. The van der Waals surface area contributed by atoms with Gasteiger partial charge in [0.1, 0.15) is 6.54 Å². The fourth-order valence-corrected chi connectivity index (χ4v) is 4.31. The van der Waals surface area contributed by atoms with Crippen molar-refractivity contribution in [3.05, 3.63) is 81.6 Å². The molecule has 1 heterocycles. The van der Waals surface area contributed by atoms with Gasteiger partial charge in [-0.2, -0.15) is 5.10 Å². The maximum atomic E-state index is 12.7. The van der Waals surface area contributed by atoms with E-state index in [1.54, 1.807) is 18.2 Å². The van der Waals surface area contributed by atoms with E-state index in [-0.39, 0.29) is 9.92 Å². The van der Waals surface area contributed by atoms with Crippen LogP contribution in [0.15, 0.2) is 69.3 Å². The molecule has 0 atom stereocenters. The number of rotatable bonds is 5. The number of hydrogen-bond donors (Lipinski definition) is 1. The standard InChI is InChI=1S/C21H21N3O4S/c1-14-11-15(2)21(16(3)12-14)22-18(25)13-24-20(26)10-9-19(23-24)29(27,28)17-7-5-4-6-8-17/h4-12H,13H2,1-3H3,(H,22,25). The summed E-state index contributed by atoms with van der Waals surface area (Å²) in [5, 5.41) is 6.41. The van der Waals surface area contributed by atoms with Crippen LogP contribution in [-0.4, -0.2) is 24.1 Å². The van der Waals surface area contributed by atoms with Gasteiger partial charge in [0.25, 0.3) is 5.56 Å². The van der Waals surface area contributed by atoms with Crippen LogP contribution in [0.25, 0.3) is 0 Å². The lowest BCUT2D eigenvalue weighted by atomic mass is 10.1. The summed E-state index contributed by atoms with van der Waals surface area (Å²) < 4.78 is 26.3. The number of nitrogens with one attached hydrogen (secondary N) is 1. The summed E-state index contributed by atoms with van der Waals surface area (Å²) >= 11 is 0. The number of aromatic nitrogens is 2. The molecule has 0 aliphatic carbocycles. The fourth-order valence-electron chi connectivity index (χ4n) is 3.10. The van der Waals surface area contributed by atoms with Crippen molar-refractivity contribution in [1.29, 1.82) is 0 Å². The van der Waals surface area contributed by atoms with E-state index in [1.165, 1.54) is 12.1 Å². The predicted molar refractivity (Wildman–Crippen MR) is 110 cm³/mol.